The van der Waals surface area contributed by atoms with Gasteiger partial charge in [0.05, 0.1) is 159 Å². The number of rotatable bonds is 34. The van der Waals surface area contributed by atoms with Crippen LogP contribution in [0.2, 0.25) is 0 Å². The Morgan fingerprint density at radius 2 is 0.585 bits per heavy atom. The molecule has 0 unspecified atom stereocenters. The van der Waals surface area contributed by atoms with Crippen LogP contribution in [0.4, 0.5) is 0 Å². The van der Waals surface area contributed by atoms with Gasteiger partial charge in [-0.3, -0.25) is 9.59 Å². The van der Waals surface area contributed by atoms with Gasteiger partial charge in [-0.05, 0) is 6.92 Å². The number of carbonyl (C=O) groups excluding carboxylic acids is 2. The smallest absolute Gasteiger partial charge is 0.308 e. The molecule has 14 heteroatoms. The zero-order chi connectivity index (χ0) is 29.9. The monoisotopic (exact) mass is 600 g/mol. The largest absolute Gasteiger partial charge is 0.469 e. The van der Waals surface area contributed by atoms with Crippen molar-refractivity contribution in [2.75, 3.05) is 146 Å². The molecule has 0 aromatic rings. The molecular weight excluding hydrogens is 548 g/mol. The lowest BCUT2D eigenvalue weighted by Crippen LogP contribution is -2.15. The van der Waals surface area contributed by atoms with Crippen molar-refractivity contribution < 1.29 is 66.4 Å². The molecule has 0 spiro atoms. The fraction of sp³-hybridized carbons (Fsp3) is 0.926. The van der Waals surface area contributed by atoms with Crippen LogP contribution in [0.5, 0.6) is 0 Å². The van der Waals surface area contributed by atoms with Crippen LogP contribution in [-0.2, 0) is 66.4 Å². The molecule has 244 valence electrons. The summed E-state index contributed by atoms with van der Waals surface area (Å²) in [5.41, 5.74) is 0. The van der Waals surface area contributed by atoms with Gasteiger partial charge in [-0.2, -0.15) is 0 Å². The number of hydrogen-bond donors (Lipinski definition) is 0. The number of esters is 2. The molecule has 0 rings (SSSR count). The second kappa shape index (κ2) is 34.7. The van der Waals surface area contributed by atoms with Crippen molar-refractivity contribution in [3.8, 4) is 0 Å². The lowest BCUT2D eigenvalue weighted by atomic mass is 10.5. The lowest BCUT2D eigenvalue weighted by Gasteiger charge is -2.09. The third kappa shape index (κ3) is 34.6. The summed E-state index contributed by atoms with van der Waals surface area (Å²) in [6.45, 7) is 11.3. The Labute approximate surface area is 244 Å². The van der Waals surface area contributed by atoms with E-state index in [0.717, 1.165) is 0 Å². The molecule has 0 aliphatic rings. The molecule has 0 saturated carbocycles. The lowest BCUT2D eigenvalue weighted by molar-refractivity contribution is -0.144. The molecule has 0 radical (unpaired) electrons. The zero-order valence-electron chi connectivity index (χ0n) is 25.0. The molecule has 0 atom stereocenters. The van der Waals surface area contributed by atoms with E-state index in [9.17, 15) is 9.59 Å². The Bertz CT molecular complexity index is 552. The molecular formula is C27H52O14. The summed E-state index contributed by atoms with van der Waals surface area (Å²) < 4.78 is 63.2. The summed E-state index contributed by atoms with van der Waals surface area (Å²) >= 11 is 0. The van der Waals surface area contributed by atoms with Crippen LogP contribution in [0.1, 0.15) is 19.8 Å². The van der Waals surface area contributed by atoms with Gasteiger partial charge in [0.2, 0.25) is 0 Å². The molecule has 0 amide bonds. The minimum absolute atomic E-state index is 0.242. The summed E-state index contributed by atoms with van der Waals surface area (Å²) in [4.78, 5) is 22.0. The SMILES string of the molecule is CCOC(=O)CCOCCOCCOCCOCCOCCOCCOCCOCCOCCOCCC(=O)OC. The van der Waals surface area contributed by atoms with E-state index < -0.39 is 0 Å². The van der Waals surface area contributed by atoms with E-state index in [-0.39, 0.29) is 24.8 Å². The number of hydrogen-bond acceptors (Lipinski definition) is 14. The van der Waals surface area contributed by atoms with Crippen LogP contribution in [0.15, 0.2) is 0 Å². The second-order valence-corrected chi connectivity index (χ2v) is 8.00. The van der Waals surface area contributed by atoms with E-state index in [1.165, 1.54) is 7.11 Å². The average Bonchev–Trinajstić information content (AvgIpc) is 2.97. The van der Waals surface area contributed by atoms with Crippen LogP contribution in [0.25, 0.3) is 0 Å². The van der Waals surface area contributed by atoms with E-state index >= 15 is 0 Å². The van der Waals surface area contributed by atoms with Gasteiger partial charge in [0.1, 0.15) is 0 Å². The molecule has 14 nitrogen and oxygen atoms in total. The Kier molecular flexibility index (Phi) is 33.5. The van der Waals surface area contributed by atoms with Crippen molar-refractivity contribution in [2.24, 2.45) is 0 Å². The maximum atomic E-state index is 11.1. The van der Waals surface area contributed by atoms with Crippen molar-refractivity contribution in [1.82, 2.24) is 0 Å². The highest BCUT2D eigenvalue weighted by Crippen LogP contribution is 1.90. The third-order valence-electron chi connectivity index (χ3n) is 4.78. The van der Waals surface area contributed by atoms with E-state index in [4.69, 9.17) is 52.1 Å². The maximum Gasteiger partial charge on any atom is 0.308 e. The minimum Gasteiger partial charge on any atom is -0.469 e. The van der Waals surface area contributed by atoms with Crippen LogP contribution in [-0.4, -0.2) is 158 Å². The molecule has 0 N–H and O–H groups in total. The Morgan fingerprint density at radius 3 is 0.805 bits per heavy atom. The standard InChI is InChI=1S/C27H52O14/c1-3-41-27(29)5-7-32-9-11-34-13-15-36-17-19-38-21-23-40-25-24-39-22-20-37-18-16-35-14-12-33-10-8-31-6-4-26(28)30-2/h3-25H2,1-2H3. The third-order valence-corrected chi connectivity index (χ3v) is 4.78. The van der Waals surface area contributed by atoms with E-state index in [1.807, 2.05) is 0 Å². The Hall–Kier alpha value is -1.46. The molecule has 41 heavy (non-hydrogen) atoms. The second-order valence-electron chi connectivity index (χ2n) is 8.00. The Morgan fingerprint density at radius 1 is 0.366 bits per heavy atom. The highest BCUT2D eigenvalue weighted by Gasteiger charge is 2.01. The summed E-state index contributed by atoms with van der Waals surface area (Å²) in [6, 6.07) is 0. The fourth-order valence-electron chi connectivity index (χ4n) is 2.73. The van der Waals surface area contributed by atoms with Crippen molar-refractivity contribution >= 4 is 11.9 Å². The quantitative estimate of drug-likeness (QED) is 0.0753. The topological polar surface area (TPSA) is 145 Å². The fourth-order valence-corrected chi connectivity index (χ4v) is 2.73. The summed E-state index contributed by atoms with van der Waals surface area (Å²) in [7, 11) is 1.35. The van der Waals surface area contributed by atoms with Crippen LogP contribution < -0.4 is 0 Å². The average molecular weight is 601 g/mol. The first-order chi connectivity index (χ1) is 20.2. The zero-order valence-corrected chi connectivity index (χ0v) is 25.0. The van der Waals surface area contributed by atoms with Gasteiger partial charge in [-0.25, -0.2) is 0 Å². The highest BCUT2D eigenvalue weighted by atomic mass is 16.6. The van der Waals surface area contributed by atoms with Gasteiger partial charge in [-0.15, -0.1) is 0 Å². The first-order valence-corrected chi connectivity index (χ1v) is 14.2. The van der Waals surface area contributed by atoms with Crippen molar-refractivity contribution in [3.63, 3.8) is 0 Å². The van der Waals surface area contributed by atoms with Gasteiger partial charge in [0, 0.05) is 0 Å². The Balaban J connectivity index is 3.07. The van der Waals surface area contributed by atoms with Gasteiger partial charge in [-0.1, -0.05) is 0 Å². The van der Waals surface area contributed by atoms with Crippen LogP contribution in [0.3, 0.4) is 0 Å². The maximum absolute atomic E-state index is 11.1. The van der Waals surface area contributed by atoms with Gasteiger partial charge < -0.3 is 56.8 Å². The first kappa shape index (κ1) is 39.5. The number of methoxy groups -OCH3 is 1. The van der Waals surface area contributed by atoms with Crippen LogP contribution >= 0.6 is 0 Å². The molecule has 0 saturated heterocycles. The van der Waals surface area contributed by atoms with E-state index in [1.54, 1.807) is 6.92 Å². The molecule has 0 fully saturated rings. The normalized spacial score (nSPS) is 11.2. The predicted molar refractivity (Wildman–Crippen MR) is 146 cm³/mol. The number of carbonyl (C=O) groups is 2. The predicted octanol–water partition coefficient (Wildman–Crippen LogP) is 0.669. The summed E-state index contributed by atoms with van der Waals surface area (Å²) in [6.07, 6.45) is 0.496. The number of ether oxygens (including phenoxy) is 12. The van der Waals surface area contributed by atoms with E-state index in [0.29, 0.717) is 139 Å². The first-order valence-electron chi connectivity index (χ1n) is 14.2. The molecule has 0 bridgehead atoms. The van der Waals surface area contributed by atoms with Crippen LogP contribution in [0, 0.1) is 0 Å². The molecule has 0 aromatic heterocycles. The summed E-state index contributed by atoms with van der Waals surface area (Å²) in [5, 5.41) is 0. The minimum atomic E-state index is -0.288. The van der Waals surface area contributed by atoms with Gasteiger partial charge in [0.15, 0.2) is 0 Å². The molecule has 0 aliphatic heterocycles. The molecule has 0 aromatic carbocycles. The molecule has 0 aliphatic carbocycles. The van der Waals surface area contributed by atoms with Gasteiger partial charge >= 0.3 is 11.9 Å². The van der Waals surface area contributed by atoms with Crippen molar-refractivity contribution in [1.29, 1.82) is 0 Å². The summed E-state index contributed by atoms with van der Waals surface area (Å²) in [5.74, 6) is -0.542. The molecule has 0 heterocycles. The highest BCUT2D eigenvalue weighted by molar-refractivity contribution is 5.69. The van der Waals surface area contributed by atoms with E-state index in [2.05, 4.69) is 4.74 Å². The van der Waals surface area contributed by atoms with Crippen molar-refractivity contribution in [3.05, 3.63) is 0 Å². The van der Waals surface area contributed by atoms with Crippen molar-refractivity contribution in [2.45, 2.75) is 19.8 Å². The van der Waals surface area contributed by atoms with Gasteiger partial charge in [0.25, 0.3) is 0 Å².